The molecule has 0 aromatic heterocycles. The maximum Gasteiger partial charge on any atom is 0.229 e. The van der Waals surface area contributed by atoms with Crippen LogP contribution in [-0.4, -0.2) is 53.3 Å². The Labute approximate surface area is 239 Å². The Morgan fingerprint density at radius 3 is 2.31 bits per heavy atom. The van der Waals surface area contributed by atoms with Gasteiger partial charge in [0.05, 0.1) is 12.9 Å². The highest BCUT2D eigenvalue weighted by atomic mass is 32.2. The molecule has 0 aromatic carbocycles. The van der Waals surface area contributed by atoms with Crippen LogP contribution in [0.2, 0.25) is 0 Å². The molecule has 0 spiro atoms. The number of nitrogens with zero attached hydrogens (tertiary/aromatic N) is 2. The third-order valence-corrected chi connectivity index (χ3v) is 6.04. The molecule has 8 heteroatoms. The van der Waals surface area contributed by atoms with Gasteiger partial charge < -0.3 is 15.4 Å². The van der Waals surface area contributed by atoms with E-state index in [9.17, 15) is 8.42 Å². The molecule has 0 aliphatic carbocycles. The van der Waals surface area contributed by atoms with Crippen LogP contribution in [0.3, 0.4) is 0 Å². The van der Waals surface area contributed by atoms with Gasteiger partial charge >= 0.3 is 0 Å². The SMILES string of the molecule is C=C(/C=C(\C=C/C)NS(C)(=O)=O)C(=C)CC/C=C/CC(/C(C)=C/N(C)C(N)=NC)C(/C=C\COC)=C/C.CC. The van der Waals surface area contributed by atoms with Crippen LogP contribution in [0.1, 0.15) is 53.9 Å². The van der Waals surface area contributed by atoms with Crippen LogP contribution in [-0.2, 0) is 14.8 Å². The fourth-order valence-corrected chi connectivity index (χ4v) is 4.02. The first kappa shape index (κ1) is 38.0. The maximum absolute atomic E-state index is 11.6. The lowest BCUT2D eigenvalue weighted by molar-refractivity contribution is 0.234. The molecule has 0 radical (unpaired) electrons. The summed E-state index contributed by atoms with van der Waals surface area (Å²) in [6.07, 6.45) is 21.1. The van der Waals surface area contributed by atoms with Crippen molar-refractivity contribution >= 4 is 16.0 Å². The molecule has 0 fully saturated rings. The predicted molar refractivity (Wildman–Crippen MR) is 171 cm³/mol. The number of hydrogen-bond acceptors (Lipinski definition) is 4. The van der Waals surface area contributed by atoms with Crippen molar-refractivity contribution in [2.45, 2.75) is 53.9 Å². The van der Waals surface area contributed by atoms with Gasteiger partial charge in [-0.15, -0.1) is 0 Å². The van der Waals surface area contributed by atoms with E-state index in [1.165, 1.54) is 5.57 Å². The lowest BCUT2D eigenvalue weighted by atomic mass is 9.88. The highest BCUT2D eigenvalue weighted by Gasteiger charge is 2.14. The molecule has 0 aliphatic rings. The number of guanidine groups is 1. The van der Waals surface area contributed by atoms with E-state index in [1.54, 1.807) is 32.4 Å². The number of hydrogen-bond donors (Lipinski definition) is 2. The smallest absolute Gasteiger partial charge is 0.229 e. The third-order valence-electron chi connectivity index (χ3n) is 5.43. The van der Waals surface area contributed by atoms with Gasteiger partial charge in [0.1, 0.15) is 0 Å². The largest absolute Gasteiger partial charge is 0.381 e. The summed E-state index contributed by atoms with van der Waals surface area (Å²) in [7, 11) is 1.85. The molecule has 7 nitrogen and oxygen atoms in total. The van der Waals surface area contributed by atoms with E-state index in [2.05, 4.69) is 54.1 Å². The minimum absolute atomic E-state index is 0.160. The van der Waals surface area contributed by atoms with Crippen molar-refractivity contribution in [2.75, 3.05) is 34.1 Å². The molecule has 0 heterocycles. The number of allylic oxidation sites excluding steroid dienone is 11. The van der Waals surface area contributed by atoms with Gasteiger partial charge in [-0.2, -0.15) is 0 Å². The second kappa shape index (κ2) is 21.8. The second-order valence-corrected chi connectivity index (χ2v) is 10.4. The molecule has 0 amide bonds. The van der Waals surface area contributed by atoms with Crippen LogP contribution in [0.15, 0.2) is 101 Å². The van der Waals surface area contributed by atoms with E-state index in [4.69, 9.17) is 10.5 Å². The summed E-state index contributed by atoms with van der Waals surface area (Å²) in [6.45, 7) is 18.7. The van der Waals surface area contributed by atoms with Crippen LogP contribution in [0.25, 0.3) is 0 Å². The van der Waals surface area contributed by atoms with E-state index in [1.807, 2.05) is 51.9 Å². The Morgan fingerprint density at radius 1 is 1.15 bits per heavy atom. The number of aliphatic imine (C=N–C) groups is 1. The Morgan fingerprint density at radius 2 is 1.79 bits per heavy atom. The summed E-state index contributed by atoms with van der Waals surface area (Å²) in [5.74, 6) is 0.607. The number of rotatable bonds is 16. The van der Waals surface area contributed by atoms with Gasteiger partial charge in [0.25, 0.3) is 0 Å². The first-order chi connectivity index (χ1) is 18.4. The highest BCUT2D eigenvalue weighted by Crippen LogP contribution is 2.26. The summed E-state index contributed by atoms with van der Waals surface area (Å²) in [5, 5.41) is 0. The molecule has 0 saturated carbocycles. The van der Waals surface area contributed by atoms with E-state index < -0.39 is 10.0 Å². The molecule has 220 valence electrons. The van der Waals surface area contributed by atoms with Crippen LogP contribution in [0, 0.1) is 5.92 Å². The van der Waals surface area contributed by atoms with Gasteiger partial charge in [-0.25, -0.2) is 8.42 Å². The topological polar surface area (TPSA) is 97.0 Å². The van der Waals surface area contributed by atoms with E-state index >= 15 is 0 Å². The Bertz CT molecular complexity index is 1080. The molecular weight excluding hydrogens is 508 g/mol. The van der Waals surface area contributed by atoms with Gasteiger partial charge in [-0.3, -0.25) is 9.71 Å². The number of nitrogens with one attached hydrogen (secondary N) is 1. The molecule has 3 N–H and O–H groups in total. The van der Waals surface area contributed by atoms with Crippen LogP contribution in [0.5, 0.6) is 0 Å². The number of ether oxygens (including phenoxy) is 1. The zero-order valence-electron chi connectivity index (χ0n) is 25.6. The van der Waals surface area contributed by atoms with Gasteiger partial charge in [-0.1, -0.05) is 63.5 Å². The van der Waals surface area contributed by atoms with Crippen molar-refractivity contribution in [3.63, 3.8) is 0 Å². The number of nitrogens with two attached hydrogens (primary N) is 1. The average Bonchev–Trinajstić information content (AvgIpc) is 2.88. The van der Waals surface area contributed by atoms with E-state index in [0.29, 0.717) is 30.3 Å². The van der Waals surface area contributed by atoms with Crippen molar-refractivity contribution < 1.29 is 13.2 Å². The molecular formula is C31H52N4O3S. The maximum atomic E-state index is 11.6. The highest BCUT2D eigenvalue weighted by molar-refractivity contribution is 7.88. The van der Waals surface area contributed by atoms with Gasteiger partial charge in [0.15, 0.2) is 5.96 Å². The summed E-state index contributed by atoms with van der Waals surface area (Å²) < 4.78 is 30.8. The van der Waals surface area contributed by atoms with Gasteiger partial charge in [-0.05, 0) is 74.5 Å². The summed E-state index contributed by atoms with van der Waals surface area (Å²) in [6, 6.07) is 0. The molecule has 0 bridgehead atoms. The molecule has 0 saturated heterocycles. The minimum atomic E-state index is -3.38. The summed E-state index contributed by atoms with van der Waals surface area (Å²) in [4.78, 5) is 5.87. The molecule has 0 rings (SSSR count). The molecule has 0 aromatic rings. The second-order valence-electron chi connectivity index (χ2n) is 8.61. The normalized spacial score (nSPS) is 14.5. The van der Waals surface area contributed by atoms with Crippen molar-refractivity contribution in [1.82, 2.24) is 9.62 Å². The Balaban J connectivity index is 0. The quantitative estimate of drug-likeness (QED) is 0.0984. The van der Waals surface area contributed by atoms with Crippen molar-refractivity contribution in [1.29, 1.82) is 0 Å². The minimum Gasteiger partial charge on any atom is -0.381 e. The first-order valence-corrected chi connectivity index (χ1v) is 15.1. The van der Waals surface area contributed by atoms with Crippen molar-refractivity contribution in [3.05, 3.63) is 96.0 Å². The van der Waals surface area contributed by atoms with Gasteiger partial charge in [0.2, 0.25) is 10.0 Å². The van der Waals surface area contributed by atoms with Crippen molar-refractivity contribution in [3.8, 4) is 0 Å². The molecule has 0 aliphatic heterocycles. The lowest BCUT2D eigenvalue weighted by Gasteiger charge is -2.21. The van der Waals surface area contributed by atoms with Gasteiger partial charge in [0, 0.05) is 39.0 Å². The third kappa shape index (κ3) is 17.9. The van der Waals surface area contributed by atoms with Crippen LogP contribution in [0.4, 0.5) is 0 Å². The van der Waals surface area contributed by atoms with Crippen LogP contribution >= 0.6 is 0 Å². The summed E-state index contributed by atoms with van der Waals surface area (Å²) in [5.41, 5.74) is 10.3. The average molecular weight is 561 g/mol. The zero-order valence-corrected chi connectivity index (χ0v) is 26.4. The Kier molecular flexibility index (Phi) is 21.3. The fraction of sp³-hybridized carbons (Fsp3) is 0.452. The van der Waals surface area contributed by atoms with E-state index in [-0.39, 0.29) is 5.92 Å². The molecule has 39 heavy (non-hydrogen) atoms. The monoisotopic (exact) mass is 560 g/mol. The Hall–Kier alpha value is -3.10. The predicted octanol–water partition coefficient (Wildman–Crippen LogP) is 6.41. The summed E-state index contributed by atoms with van der Waals surface area (Å²) >= 11 is 0. The first-order valence-electron chi connectivity index (χ1n) is 13.2. The number of methoxy groups -OCH3 is 1. The van der Waals surface area contributed by atoms with Crippen LogP contribution < -0.4 is 10.5 Å². The lowest BCUT2D eigenvalue weighted by Crippen LogP contribution is -2.30. The molecule has 1 atom stereocenters. The molecule has 1 unspecified atom stereocenters. The van der Waals surface area contributed by atoms with E-state index in [0.717, 1.165) is 30.2 Å². The fourth-order valence-electron chi connectivity index (χ4n) is 3.46. The number of sulfonamides is 1. The zero-order chi connectivity index (χ0) is 30.4. The van der Waals surface area contributed by atoms with Crippen molar-refractivity contribution in [2.24, 2.45) is 16.6 Å². The standard InChI is InChI=1S/C29H46N4O3S.C2H6/c1-10-16-27(32-37(9,34)35)21-24(4)23(3)17-13-12-14-19-28(26(11-2)18-15-20-36-8)25(5)22-33(7)29(30)31-6;1-2/h10-12,14-16,18,21-22,28,32H,3-4,13,17,19-20H2,1-2,5-9H3,(H2,30,31);1-2H3/b14-12+,16-10-,18-15-,25-22+,26-11+,27-21+;.